The number of nitrogens with one attached hydrogen (secondary N) is 1. The third-order valence-corrected chi connectivity index (χ3v) is 6.23. The van der Waals surface area contributed by atoms with E-state index in [0.29, 0.717) is 5.41 Å². The number of thiophene rings is 1. The predicted molar refractivity (Wildman–Crippen MR) is 91.9 cm³/mol. The smallest absolute Gasteiger partial charge is 0.0472 e. The van der Waals surface area contributed by atoms with Gasteiger partial charge in [-0.05, 0) is 60.1 Å². The van der Waals surface area contributed by atoms with E-state index in [2.05, 4.69) is 44.6 Å². The summed E-state index contributed by atoms with van der Waals surface area (Å²) in [6, 6.07) is 3.03. The molecule has 0 spiro atoms. The van der Waals surface area contributed by atoms with Gasteiger partial charge in [-0.15, -0.1) is 11.3 Å². The normalized spacial score (nSPS) is 21.9. The maximum absolute atomic E-state index is 5.60. The highest BCUT2D eigenvalue weighted by atomic mass is 79.9. The van der Waals surface area contributed by atoms with Gasteiger partial charge in [0.15, 0.2) is 0 Å². The number of rotatable bonds is 7. The van der Waals surface area contributed by atoms with E-state index in [-0.39, 0.29) is 0 Å². The van der Waals surface area contributed by atoms with E-state index in [4.69, 9.17) is 4.74 Å². The molecule has 1 aliphatic heterocycles. The number of nitrogens with zero attached hydrogens (tertiary/aromatic N) is 1. The zero-order valence-electron chi connectivity index (χ0n) is 12.7. The Balaban J connectivity index is 1.56. The van der Waals surface area contributed by atoms with Gasteiger partial charge < -0.3 is 15.0 Å². The van der Waals surface area contributed by atoms with E-state index in [1.54, 1.807) is 0 Å². The molecule has 2 heterocycles. The number of halogens is 1. The Morgan fingerprint density at radius 2 is 2.19 bits per heavy atom. The SMILES string of the molecule is CN(Cc1cc(Br)cs1)CC1(CNC2CC2)CCOCC1. The van der Waals surface area contributed by atoms with Gasteiger partial charge in [-0.1, -0.05) is 0 Å². The Bertz CT molecular complexity index is 455. The lowest BCUT2D eigenvalue weighted by atomic mass is 9.79. The summed E-state index contributed by atoms with van der Waals surface area (Å²) in [7, 11) is 2.25. The minimum absolute atomic E-state index is 0.393. The van der Waals surface area contributed by atoms with Crippen LogP contribution in [0.5, 0.6) is 0 Å². The second-order valence-electron chi connectivity index (χ2n) is 6.67. The number of hydrogen-bond acceptors (Lipinski definition) is 4. The summed E-state index contributed by atoms with van der Waals surface area (Å²) >= 11 is 5.38. The first-order valence-corrected chi connectivity index (χ1v) is 9.55. The molecule has 0 radical (unpaired) electrons. The summed E-state index contributed by atoms with van der Waals surface area (Å²) in [5, 5.41) is 5.92. The first kappa shape index (κ1) is 15.9. The van der Waals surface area contributed by atoms with Crippen molar-refractivity contribution in [3.8, 4) is 0 Å². The first-order valence-electron chi connectivity index (χ1n) is 7.88. The molecule has 118 valence electrons. The maximum Gasteiger partial charge on any atom is 0.0472 e. The lowest BCUT2D eigenvalue weighted by Gasteiger charge is -2.40. The van der Waals surface area contributed by atoms with E-state index >= 15 is 0 Å². The second-order valence-corrected chi connectivity index (χ2v) is 8.58. The standard InChI is InChI=1S/C16H25BrN2OS/c1-19(9-15-8-13(17)10-21-15)12-16(4-6-20-7-5-16)11-18-14-2-3-14/h8,10,14,18H,2-7,9,11-12H2,1H3. The molecule has 2 aliphatic rings. The zero-order valence-corrected chi connectivity index (χ0v) is 15.1. The van der Waals surface area contributed by atoms with Gasteiger partial charge in [-0.3, -0.25) is 0 Å². The fourth-order valence-electron chi connectivity index (χ4n) is 3.17. The largest absolute Gasteiger partial charge is 0.381 e. The molecule has 5 heteroatoms. The van der Waals surface area contributed by atoms with E-state index in [1.165, 1.54) is 35.0 Å². The van der Waals surface area contributed by atoms with Gasteiger partial charge in [-0.2, -0.15) is 0 Å². The maximum atomic E-state index is 5.60. The molecule has 0 bridgehead atoms. The molecule has 0 unspecified atom stereocenters. The van der Waals surface area contributed by atoms with Crippen LogP contribution in [-0.2, 0) is 11.3 Å². The van der Waals surface area contributed by atoms with Gasteiger partial charge in [0.25, 0.3) is 0 Å². The van der Waals surface area contributed by atoms with Crippen LogP contribution in [0.1, 0.15) is 30.6 Å². The van der Waals surface area contributed by atoms with Gasteiger partial charge in [0, 0.05) is 53.6 Å². The Hall–Kier alpha value is 0.0600. The van der Waals surface area contributed by atoms with Crippen molar-refractivity contribution in [3.63, 3.8) is 0 Å². The molecule has 3 nitrogen and oxygen atoms in total. The highest BCUT2D eigenvalue weighted by Gasteiger charge is 2.35. The molecular weight excluding hydrogens is 348 g/mol. The minimum atomic E-state index is 0.393. The zero-order chi connectivity index (χ0) is 14.7. The van der Waals surface area contributed by atoms with Crippen molar-refractivity contribution in [1.29, 1.82) is 0 Å². The molecule has 1 aromatic heterocycles. The Labute approximate surface area is 140 Å². The molecule has 1 aromatic rings. The molecule has 2 fully saturated rings. The molecular formula is C16H25BrN2OS. The monoisotopic (exact) mass is 372 g/mol. The summed E-state index contributed by atoms with van der Waals surface area (Å²) in [6.45, 7) is 5.20. The van der Waals surface area contributed by atoms with E-state index < -0.39 is 0 Å². The van der Waals surface area contributed by atoms with Crippen LogP contribution in [0.15, 0.2) is 15.9 Å². The molecule has 1 aliphatic carbocycles. The van der Waals surface area contributed by atoms with Crippen molar-refractivity contribution in [3.05, 3.63) is 20.8 Å². The summed E-state index contributed by atoms with van der Waals surface area (Å²) < 4.78 is 6.80. The highest BCUT2D eigenvalue weighted by Crippen LogP contribution is 2.33. The minimum Gasteiger partial charge on any atom is -0.381 e. The highest BCUT2D eigenvalue weighted by molar-refractivity contribution is 9.10. The molecule has 21 heavy (non-hydrogen) atoms. The molecule has 1 N–H and O–H groups in total. The van der Waals surface area contributed by atoms with Crippen LogP contribution < -0.4 is 5.32 Å². The van der Waals surface area contributed by atoms with E-state index in [9.17, 15) is 0 Å². The number of hydrogen-bond donors (Lipinski definition) is 1. The summed E-state index contributed by atoms with van der Waals surface area (Å²) in [5.74, 6) is 0. The van der Waals surface area contributed by atoms with Crippen LogP contribution in [0.4, 0.5) is 0 Å². The predicted octanol–water partition coefficient (Wildman–Crippen LogP) is 3.49. The number of ether oxygens (including phenoxy) is 1. The molecule has 0 amide bonds. The molecule has 1 saturated carbocycles. The summed E-state index contributed by atoms with van der Waals surface area (Å²) in [5.41, 5.74) is 0.393. The van der Waals surface area contributed by atoms with Gasteiger partial charge in [0.05, 0.1) is 0 Å². The van der Waals surface area contributed by atoms with Crippen LogP contribution in [0, 0.1) is 5.41 Å². The van der Waals surface area contributed by atoms with Crippen LogP contribution in [-0.4, -0.2) is 44.3 Å². The lowest BCUT2D eigenvalue weighted by Crippen LogP contribution is -2.46. The van der Waals surface area contributed by atoms with Crippen molar-refractivity contribution in [2.24, 2.45) is 5.41 Å². The quantitative estimate of drug-likeness (QED) is 0.792. The lowest BCUT2D eigenvalue weighted by molar-refractivity contribution is -0.00170. The van der Waals surface area contributed by atoms with Crippen molar-refractivity contribution < 1.29 is 4.74 Å². The van der Waals surface area contributed by atoms with Gasteiger partial charge in [-0.25, -0.2) is 0 Å². The first-order chi connectivity index (χ1) is 10.2. The van der Waals surface area contributed by atoms with E-state index in [1.807, 2.05) is 11.3 Å². The van der Waals surface area contributed by atoms with Gasteiger partial charge >= 0.3 is 0 Å². The average Bonchev–Trinajstić information content (AvgIpc) is 3.21. The fraction of sp³-hybridized carbons (Fsp3) is 0.750. The van der Waals surface area contributed by atoms with Crippen molar-refractivity contribution in [1.82, 2.24) is 10.2 Å². The second kappa shape index (κ2) is 7.09. The van der Waals surface area contributed by atoms with Crippen LogP contribution >= 0.6 is 27.3 Å². The summed E-state index contributed by atoms with van der Waals surface area (Å²) in [6.07, 6.45) is 5.10. The van der Waals surface area contributed by atoms with Crippen molar-refractivity contribution >= 4 is 27.3 Å². The fourth-order valence-corrected chi connectivity index (χ4v) is 4.70. The van der Waals surface area contributed by atoms with Gasteiger partial charge in [0.2, 0.25) is 0 Å². The van der Waals surface area contributed by atoms with Crippen molar-refractivity contribution in [2.75, 3.05) is 33.4 Å². The van der Waals surface area contributed by atoms with Crippen LogP contribution in [0.25, 0.3) is 0 Å². The topological polar surface area (TPSA) is 24.5 Å². The van der Waals surface area contributed by atoms with Crippen molar-refractivity contribution in [2.45, 2.75) is 38.3 Å². The molecule has 0 aromatic carbocycles. The molecule has 1 saturated heterocycles. The summed E-state index contributed by atoms with van der Waals surface area (Å²) in [4.78, 5) is 3.92. The molecule has 3 rings (SSSR count). The van der Waals surface area contributed by atoms with Gasteiger partial charge in [0.1, 0.15) is 0 Å². The van der Waals surface area contributed by atoms with E-state index in [0.717, 1.165) is 38.9 Å². The Kier molecular flexibility index (Phi) is 5.38. The Morgan fingerprint density at radius 1 is 1.43 bits per heavy atom. The Morgan fingerprint density at radius 3 is 2.81 bits per heavy atom. The molecule has 0 atom stereocenters. The van der Waals surface area contributed by atoms with Crippen LogP contribution in [0.2, 0.25) is 0 Å². The van der Waals surface area contributed by atoms with Crippen LogP contribution in [0.3, 0.4) is 0 Å². The third kappa shape index (κ3) is 4.76. The third-order valence-electron chi connectivity index (χ3n) is 4.55. The average molecular weight is 373 g/mol.